The fourth-order valence-electron chi connectivity index (χ4n) is 2.01. The summed E-state index contributed by atoms with van der Waals surface area (Å²) in [7, 11) is 1.54. The van der Waals surface area contributed by atoms with Gasteiger partial charge >= 0.3 is 11.8 Å². The molecule has 0 aliphatic rings. The van der Waals surface area contributed by atoms with E-state index in [1.165, 1.54) is 18.0 Å². The molecule has 2 aromatic rings. The van der Waals surface area contributed by atoms with Crippen LogP contribution in [0.3, 0.4) is 0 Å². The van der Waals surface area contributed by atoms with Gasteiger partial charge in [-0.25, -0.2) is 4.39 Å². The van der Waals surface area contributed by atoms with E-state index in [4.69, 9.17) is 0 Å². The molecule has 0 saturated carbocycles. The zero-order valence-corrected chi connectivity index (χ0v) is 12.3. The summed E-state index contributed by atoms with van der Waals surface area (Å²) in [6.07, 6.45) is 0.334. The summed E-state index contributed by atoms with van der Waals surface area (Å²) in [6.45, 7) is 0.203. The highest BCUT2D eigenvalue weighted by Crippen LogP contribution is 2.11. The summed E-state index contributed by atoms with van der Waals surface area (Å²) >= 11 is 0. The van der Waals surface area contributed by atoms with Crippen molar-refractivity contribution in [2.24, 2.45) is 0 Å². The average molecular weight is 300 g/mol. The lowest BCUT2D eigenvalue weighted by atomic mass is 10.1. The van der Waals surface area contributed by atoms with Gasteiger partial charge in [-0.05, 0) is 30.2 Å². The molecule has 22 heavy (non-hydrogen) atoms. The van der Waals surface area contributed by atoms with Crippen LogP contribution in [0, 0.1) is 5.82 Å². The van der Waals surface area contributed by atoms with Gasteiger partial charge in [-0.3, -0.25) is 9.59 Å². The van der Waals surface area contributed by atoms with E-state index >= 15 is 0 Å². The average Bonchev–Trinajstić information content (AvgIpc) is 2.56. The van der Waals surface area contributed by atoms with E-state index in [0.29, 0.717) is 17.7 Å². The van der Waals surface area contributed by atoms with Crippen molar-refractivity contribution in [2.45, 2.75) is 6.42 Å². The van der Waals surface area contributed by atoms with Crippen LogP contribution in [0.1, 0.15) is 5.56 Å². The molecule has 0 spiro atoms. The molecule has 4 nitrogen and oxygen atoms in total. The van der Waals surface area contributed by atoms with Gasteiger partial charge in [0.15, 0.2) is 0 Å². The number of anilines is 1. The van der Waals surface area contributed by atoms with Crippen LogP contribution >= 0.6 is 0 Å². The Morgan fingerprint density at radius 2 is 1.68 bits per heavy atom. The van der Waals surface area contributed by atoms with Crippen LogP contribution in [-0.4, -0.2) is 25.4 Å². The fourth-order valence-corrected chi connectivity index (χ4v) is 2.01. The largest absolute Gasteiger partial charge is 0.347 e. The maximum Gasteiger partial charge on any atom is 0.316 e. The number of nitrogens with one attached hydrogen (secondary N) is 1. The smallest absolute Gasteiger partial charge is 0.316 e. The number of rotatable bonds is 4. The Labute approximate surface area is 128 Å². The van der Waals surface area contributed by atoms with Crippen LogP contribution in [0.15, 0.2) is 54.6 Å². The first-order chi connectivity index (χ1) is 10.6. The van der Waals surface area contributed by atoms with Gasteiger partial charge in [-0.2, -0.15) is 0 Å². The highest BCUT2D eigenvalue weighted by atomic mass is 19.1. The summed E-state index contributed by atoms with van der Waals surface area (Å²) < 4.78 is 13.4. The van der Waals surface area contributed by atoms with Crippen LogP contribution in [0.5, 0.6) is 0 Å². The van der Waals surface area contributed by atoms with Crippen LogP contribution in [0.25, 0.3) is 0 Å². The predicted molar refractivity (Wildman–Crippen MR) is 83.0 cm³/mol. The molecule has 2 amide bonds. The molecule has 1 N–H and O–H groups in total. The molecular formula is C17H17FN2O2. The van der Waals surface area contributed by atoms with E-state index in [1.54, 1.807) is 42.5 Å². The Morgan fingerprint density at radius 3 is 2.36 bits per heavy atom. The second kappa shape index (κ2) is 7.36. The molecule has 2 aromatic carbocycles. The quantitative estimate of drug-likeness (QED) is 0.880. The highest BCUT2D eigenvalue weighted by molar-refractivity contribution is 6.40. The van der Waals surface area contributed by atoms with E-state index in [-0.39, 0.29) is 12.4 Å². The lowest BCUT2D eigenvalue weighted by molar-refractivity contribution is -0.137. The van der Waals surface area contributed by atoms with Gasteiger partial charge in [0.05, 0.1) is 0 Å². The number of hydrogen-bond donors (Lipinski definition) is 1. The van der Waals surface area contributed by atoms with Crippen LogP contribution in [0.4, 0.5) is 10.1 Å². The molecule has 0 radical (unpaired) electrons. The number of halogens is 1. The van der Waals surface area contributed by atoms with Crippen molar-refractivity contribution in [3.05, 3.63) is 66.0 Å². The standard InChI is InChI=1S/C17H17FN2O2/c1-20(14-8-3-2-4-9-14)17(22)16(21)19-12-11-13-7-5-6-10-15(13)18/h2-10H,11-12H2,1H3,(H,19,21). The van der Waals surface area contributed by atoms with Crippen molar-refractivity contribution in [2.75, 3.05) is 18.5 Å². The van der Waals surface area contributed by atoms with Gasteiger partial charge < -0.3 is 10.2 Å². The molecule has 2 rings (SSSR count). The molecular weight excluding hydrogens is 283 g/mol. The molecule has 0 fully saturated rings. The minimum atomic E-state index is -0.706. The number of carbonyl (C=O) groups excluding carboxylic acids is 2. The second-order valence-corrected chi connectivity index (χ2v) is 4.80. The predicted octanol–water partition coefficient (Wildman–Crippen LogP) is 2.15. The molecule has 0 aliphatic heterocycles. The van der Waals surface area contributed by atoms with Gasteiger partial charge in [-0.1, -0.05) is 36.4 Å². The minimum Gasteiger partial charge on any atom is -0.347 e. The first-order valence-electron chi connectivity index (χ1n) is 6.94. The molecule has 114 valence electrons. The molecule has 0 atom stereocenters. The lowest BCUT2D eigenvalue weighted by Crippen LogP contribution is -2.41. The number of para-hydroxylation sites is 1. The van der Waals surface area contributed by atoms with Crippen molar-refractivity contribution in [1.82, 2.24) is 5.32 Å². The number of benzene rings is 2. The van der Waals surface area contributed by atoms with Crippen LogP contribution in [-0.2, 0) is 16.0 Å². The fraction of sp³-hybridized carbons (Fsp3) is 0.176. The van der Waals surface area contributed by atoms with E-state index in [9.17, 15) is 14.0 Å². The molecule has 0 aromatic heterocycles. The Morgan fingerprint density at radius 1 is 1.05 bits per heavy atom. The molecule has 0 saturated heterocycles. The number of hydrogen-bond acceptors (Lipinski definition) is 2. The summed E-state index contributed by atoms with van der Waals surface area (Å²) in [5, 5.41) is 2.51. The summed E-state index contributed by atoms with van der Waals surface area (Å²) in [5.41, 5.74) is 1.14. The molecule has 0 heterocycles. The first-order valence-corrected chi connectivity index (χ1v) is 6.94. The van der Waals surface area contributed by atoms with Crippen molar-refractivity contribution >= 4 is 17.5 Å². The Kier molecular flexibility index (Phi) is 5.25. The zero-order chi connectivity index (χ0) is 15.9. The van der Waals surface area contributed by atoms with Gasteiger partial charge in [0.25, 0.3) is 0 Å². The van der Waals surface area contributed by atoms with Gasteiger partial charge in [0.1, 0.15) is 5.82 Å². The third kappa shape index (κ3) is 3.91. The molecule has 0 bridgehead atoms. The normalized spacial score (nSPS) is 10.1. The van der Waals surface area contributed by atoms with Crippen molar-refractivity contribution in [1.29, 1.82) is 0 Å². The Hall–Kier alpha value is -2.69. The summed E-state index contributed by atoms with van der Waals surface area (Å²) in [4.78, 5) is 25.1. The Balaban J connectivity index is 1.87. The van der Waals surface area contributed by atoms with E-state index < -0.39 is 11.8 Å². The number of amides is 2. The number of likely N-dealkylation sites (N-methyl/N-ethyl adjacent to an activating group) is 1. The SMILES string of the molecule is CN(C(=O)C(=O)NCCc1ccccc1F)c1ccccc1. The van der Waals surface area contributed by atoms with Crippen molar-refractivity contribution in [3.63, 3.8) is 0 Å². The maximum absolute atomic E-state index is 13.4. The lowest BCUT2D eigenvalue weighted by Gasteiger charge is -2.16. The Bertz CT molecular complexity index is 659. The third-order valence-corrected chi connectivity index (χ3v) is 3.28. The molecule has 5 heteroatoms. The molecule has 0 aliphatic carbocycles. The molecule has 0 unspecified atom stereocenters. The monoisotopic (exact) mass is 300 g/mol. The van der Waals surface area contributed by atoms with E-state index in [1.807, 2.05) is 6.07 Å². The van der Waals surface area contributed by atoms with Gasteiger partial charge in [0, 0.05) is 19.3 Å². The number of nitrogens with zero attached hydrogens (tertiary/aromatic N) is 1. The van der Waals surface area contributed by atoms with Crippen LogP contribution in [0.2, 0.25) is 0 Å². The summed E-state index contributed by atoms with van der Waals surface area (Å²) in [6, 6.07) is 15.2. The minimum absolute atomic E-state index is 0.203. The first kappa shape index (κ1) is 15.7. The third-order valence-electron chi connectivity index (χ3n) is 3.28. The van der Waals surface area contributed by atoms with Gasteiger partial charge in [0.2, 0.25) is 0 Å². The van der Waals surface area contributed by atoms with E-state index in [2.05, 4.69) is 5.32 Å². The number of carbonyl (C=O) groups is 2. The second-order valence-electron chi connectivity index (χ2n) is 4.80. The van der Waals surface area contributed by atoms with E-state index in [0.717, 1.165) is 0 Å². The van der Waals surface area contributed by atoms with Crippen molar-refractivity contribution < 1.29 is 14.0 Å². The summed E-state index contributed by atoms with van der Waals surface area (Å²) in [5.74, 6) is -1.67. The van der Waals surface area contributed by atoms with Crippen molar-refractivity contribution in [3.8, 4) is 0 Å². The topological polar surface area (TPSA) is 49.4 Å². The zero-order valence-electron chi connectivity index (χ0n) is 12.3. The maximum atomic E-state index is 13.4. The van der Waals surface area contributed by atoms with Crippen LogP contribution < -0.4 is 10.2 Å². The highest BCUT2D eigenvalue weighted by Gasteiger charge is 2.19. The van der Waals surface area contributed by atoms with Gasteiger partial charge in [-0.15, -0.1) is 0 Å².